The van der Waals surface area contributed by atoms with Gasteiger partial charge in [-0.3, -0.25) is 9.59 Å². The number of hydrogen-bond acceptors (Lipinski definition) is 4. The van der Waals surface area contributed by atoms with Crippen molar-refractivity contribution in [3.05, 3.63) is 78.3 Å². The number of furan rings is 1. The van der Waals surface area contributed by atoms with E-state index in [1.807, 2.05) is 30.3 Å². The zero-order valence-corrected chi connectivity index (χ0v) is 14.2. The van der Waals surface area contributed by atoms with Gasteiger partial charge in [0.1, 0.15) is 5.75 Å². The molecule has 1 aromatic heterocycles. The summed E-state index contributed by atoms with van der Waals surface area (Å²) in [5, 5.41) is 5.54. The molecule has 2 amide bonds. The molecule has 6 heteroatoms. The van der Waals surface area contributed by atoms with Crippen LogP contribution in [0.5, 0.6) is 5.75 Å². The molecule has 0 aliphatic rings. The maximum Gasteiger partial charge on any atom is 0.291 e. The number of methoxy groups -OCH3 is 1. The van der Waals surface area contributed by atoms with Gasteiger partial charge in [-0.15, -0.1) is 0 Å². The van der Waals surface area contributed by atoms with Crippen LogP contribution in [0.2, 0.25) is 0 Å². The largest absolute Gasteiger partial charge is 0.495 e. The maximum absolute atomic E-state index is 12.3. The number of ether oxygens (including phenoxy) is 1. The minimum absolute atomic E-state index is 0.177. The molecular formula is C20H18N2O4. The Kier molecular flexibility index (Phi) is 5.34. The molecule has 0 saturated carbocycles. The summed E-state index contributed by atoms with van der Waals surface area (Å²) in [6.45, 7) is 0. The normalized spacial score (nSPS) is 10.2. The molecule has 132 valence electrons. The van der Waals surface area contributed by atoms with Gasteiger partial charge >= 0.3 is 0 Å². The Morgan fingerprint density at radius 2 is 1.81 bits per heavy atom. The summed E-state index contributed by atoms with van der Waals surface area (Å²) in [6.07, 6.45) is 1.67. The van der Waals surface area contributed by atoms with Crippen molar-refractivity contribution in [1.82, 2.24) is 0 Å². The van der Waals surface area contributed by atoms with Crippen LogP contribution in [-0.4, -0.2) is 18.9 Å². The van der Waals surface area contributed by atoms with E-state index in [2.05, 4.69) is 10.6 Å². The standard InChI is InChI=1S/C20H18N2O4/c1-25-17-10-9-15(21-20(24)18-8-5-11-26-18)13-16(17)22-19(23)12-14-6-3-2-4-7-14/h2-11,13H,12H2,1H3,(H,21,24)(H,22,23). The van der Waals surface area contributed by atoms with Gasteiger partial charge in [0.2, 0.25) is 5.91 Å². The fourth-order valence-electron chi connectivity index (χ4n) is 2.46. The molecule has 26 heavy (non-hydrogen) atoms. The highest BCUT2D eigenvalue weighted by atomic mass is 16.5. The number of amides is 2. The fourth-order valence-corrected chi connectivity index (χ4v) is 2.46. The lowest BCUT2D eigenvalue weighted by Gasteiger charge is -2.12. The van der Waals surface area contributed by atoms with Gasteiger partial charge in [0.15, 0.2) is 5.76 Å². The highest BCUT2D eigenvalue weighted by Gasteiger charge is 2.13. The summed E-state index contributed by atoms with van der Waals surface area (Å²) in [5.41, 5.74) is 1.90. The van der Waals surface area contributed by atoms with Crippen LogP contribution in [0.15, 0.2) is 71.3 Å². The van der Waals surface area contributed by atoms with E-state index >= 15 is 0 Å². The zero-order valence-electron chi connectivity index (χ0n) is 14.2. The van der Waals surface area contributed by atoms with E-state index in [1.165, 1.54) is 13.4 Å². The number of carbonyl (C=O) groups excluding carboxylic acids is 2. The van der Waals surface area contributed by atoms with Crippen molar-refractivity contribution in [3.8, 4) is 5.75 Å². The van der Waals surface area contributed by atoms with Crippen molar-refractivity contribution in [2.75, 3.05) is 17.7 Å². The Morgan fingerprint density at radius 1 is 1.00 bits per heavy atom. The molecule has 0 fully saturated rings. The Hall–Kier alpha value is -3.54. The van der Waals surface area contributed by atoms with E-state index in [9.17, 15) is 9.59 Å². The molecule has 0 spiro atoms. The molecule has 0 bridgehead atoms. The van der Waals surface area contributed by atoms with Crippen LogP contribution in [0.4, 0.5) is 11.4 Å². The van der Waals surface area contributed by atoms with E-state index in [4.69, 9.17) is 9.15 Å². The molecule has 3 rings (SSSR count). The maximum atomic E-state index is 12.3. The number of hydrogen-bond donors (Lipinski definition) is 2. The van der Waals surface area contributed by atoms with Crippen molar-refractivity contribution in [2.24, 2.45) is 0 Å². The van der Waals surface area contributed by atoms with Crippen molar-refractivity contribution in [3.63, 3.8) is 0 Å². The molecule has 2 aromatic carbocycles. The third kappa shape index (κ3) is 4.30. The van der Waals surface area contributed by atoms with E-state index in [0.717, 1.165) is 5.56 Å². The van der Waals surface area contributed by atoms with Crippen LogP contribution in [0, 0.1) is 0 Å². The molecule has 1 heterocycles. The van der Waals surface area contributed by atoms with Crippen LogP contribution in [0.3, 0.4) is 0 Å². The van der Waals surface area contributed by atoms with Gasteiger partial charge in [-0.1, -0.05) is 30.3 Å². The number of rotatable bonds is 6. The van der Waals surface area contributed by atoms with Gasteiger partial charge in [0.05, 0.1) is 25.5 Å². The first kappa shape index (κ1) is 17.3. The summed E-state index contributed by atoms with van der Waals surface area (Å²) >= 11 is 0. The Labute approximate surface area is 150 Å². The lowest BCUT2D eigenvalue weighted by Crippen LogP contribution is -2.16. The van der Waals surface area contributed by atoms with Crippen LogP contribution >= 0.6 is 0 Å². The van der Waals surface area contributed by atoms with Gasteiger partial charge in [-0.2, -0.15) is 0 Å². The number of benzene rings is 2. The van der Waals surface area contributed by atoms with Crippen molar-refractivity contribution < 1.29 is 18.7 Å². The van der Waals surface area contributed by atoms with E-state index < -0.39 is 0 Å². The van der Waals surface area contributed by atoms with E-state index in [0.29, 0.717) is 17.1 Å². The van der Waals surface area contributed by atoms with Crippen LogP contribution in [-0.2, 0) is 11.2 Å². The highest BCUT2D eigenvalue weighted by Crippen LogP contribution is 2.28. The molecule has 0 aliphatic heterocycles. The smallest absolute Gasteiger partial charge is 0.291 e. The third-order valence-electron chi connectivity index (χ3n) is 3.68. The first-order valence-electron chi connectivity index (χ1n) is 8.02. The highest BCUT2D eigenvalue weighted by molar-refractivity contribution is 6.03. The quantitative estimate of drug-likeness (QED) is 0.710. The average Bonchev–Trinajstić information content (AvgIpc) is 3.17. The fraction of sp³-hybridized carbons (Fsp3) is 0.100. The molecule has 0 saturated heterocycles. The van der Waals surface area contributed by atoms with Crippen molar-refractivity contribution in [2.45, 2.75) is 6.42 Å². The van der Waals surface area contributed by atoms with Crippen molar-refractivity contribution in [1.29, 1.82) is 0 Å². The molecule has 6 nitrogen and oxygen atoms in total. The number of carbonyl (C=O) groups is 2. The van der Waals surface area contributed by atoms with Crippen LogP contribution in [0.1, 0.15) is 16.1 Å². The topological polar surface area (TPSA) is 80.6 Å². The van der Waals surface area contributed by atoms with Gasteiger partial charge < -0.3 is 19.8 Å². The average molecular weight is 350 g/mol. The molecule has 2 N–H and O–H groups in total. The second kappa shape index (κ2) is 8.02. The first-order valence-corrected chi connectivity index (χ1v) is 8.02. The lowest BCUT2D eigenvalue weighted by molar-refractivity contribution is -0.115. The van der Waals surface area contributed by atoms with Gasteiger partial charge in [-0.05, 0) is 35.9 Å². The number of anilines is 2. The predicted octanol–water partition coefficient (Wildman–Crippen LogP) is 3.72. The van der Waals surface area contributed by atoms with Gasteiger partial charge in [-0.25, -0.2) is 0 Å². The van der Waals surface area contributed by atoms with Gasteiger partial charge in [0.25, 0.3) is 5.91 Å². The SMILES string of the molecule is COc1ccc(NC(=O)c2ccco2)cc1NC(=O)Cc1ccccc1. The lowest BCUT2D eigenvalue weighted by atomic mass is 10.1. The molecule has 0 radical (unpaired) electrons. The molecule has 0 atom stereocenters. The monoisotopic (exact) mass is 350 g/mol. The van der Waals surface area contributed by atoms with Crippen LogP contribution in [0.25, 0.3) is 0 Å². The second-order valence-corrected chi connectivity index (χ2v) is 5.56. The van der Waals surface area contributed by atoms with E-state index in [-0.39, 0.29) is 24.0 Å². The molecule has 0 aliphatic carbocycles. The summed E-state index contributed by atoms with van der Waals surface area (Å²) in [5.74, 6) is 0.156. The Bertz CT molecular complexity index is 889. The van der Waals surface area contributed by atoms with Crippen LogP contribution < -0.4 is 15.4 Å². The minimum atomic E-state index is -0.373. The van der Waals surface area contributed by atoms with Gasteiger partial charge in [0, 0.05) is 5.69 Å². The summed E-state index contributed by atoms with van der Waals surface area (Å²) in [7, 11) is 1.52. The first-order chi connectivity index (χ1) is 12.7. The second-order valence-electron chi connectivity index (χ2n) is 5.56. The summed E-state index contributed by atoms with van der Waals surface area (Å²) in [6, 6.07) is 17.6. The zero-order chi connectivity index (χ0) is 18.4. The van der Waals surface area contributed by atoms with E-state index in [1.54, 1.807) is 30.3 Å². The minimum Gasteiger partial charge on any atom is -0.495 e. The molecular weight excluding hydrogens is 332 g/mol. The molecule has 0 unspecified atom stereocenters. The van der Waals surface area contributed by atoms with Crippen molar-refractivity contribution >= 4 is 23.2 Å². The third-order valence-corrected chi connectivity index (χ3v) is 3.68. The Balaban J connectivity index is 1.73. The molecule has 3 aromatic rings. The predicted molar refractivity (Wildman–Crippen MR) is 98.4 cm³/mol. The summed E-state index contributed by atoms with van der Waals surface area (Å²) in [4.78, 5) is 24.4. The Morgan fingerprint density at radius 3 is 2.50 bits per heavy atom. The summed E-state index contributed by atoms with van der Waals surface area (Å²) < 4.78 is 10.3. The number of nitrogens with one attached hydrogen (secondary N) is 2.